The number of thiazole rings is 1. The molecule has 0 radical (unpaired) electrons. The van der Waals surface area contributed by atoms with Crippen molar-refractivity contribution in [2.75, 3.05) is 5.32 Å². The van der Waals surface area contributed by atoms with E-state index in [0.29, 0.717) is 5.13 Å². The summed E-state index contributed by atoms with van der Waals surface area (Å²) in [6.45, 7) is 4.21. The first-order valence-electron chi connectivity index (χ1n) is 9.06. The van der Waals surface area contributed by atoms with Crippen LogP contribution < -0.4 is 5.32 Å². The maximum absolute atomic E-state index is 12.6. The number of nitrogens with zero attached hydrogens (tertiary/aromatic N) is 1. The Morgan fingerprint density at radius 3 is 2.77 bits per heavy atom. The SMILES string of the molecule is Cc1ccc(-c2csc(NC(=O)c3cc4c(s3)CCCCC4)n2)cc1C. The van der Waals surface area contributed by atoms with E-state index in [4.69, 9.17) is 0 Å². The van der Waals surface area contributed by atoms with E-state index in [9.17, 15) is 4.79 Å². The number of anilines is 1. The molecule has 0 bridgehead atoms. The molecule has 0 saturated carbocycles. The first-order chi connectivity index (χ1) is 12.6. The Labute approximate surface area is 162 Å². The van der Waals surface area contributed by atoms with Crippen LogP contribution in [0.15, 0.2) is 29.6 Å². The van der Waals surface area contributed by atoms with Crippen molar-refractivity contribution in [1.82, 2.24) is 4.98 Å². The minimum absolute atomic E-state index is 0.0379. The van der Waals surface area contributed by atoms with E-state index in [1.165, 1.54) is 52.2 Å². The van der Waals surface area contributed by atoms with Gasteiger partial charge in [-0.3, -0.25) is 10.1 Å². The third-order valence-corrected chi connectivity index (χ3v) is 6.99. The Morgan fingerprint density at radius 2 is 1.92 bits per heavy atom. The second-order valence-electron chi connectivity index (χ2n) is 6.91. The number of hydrogen-bond acceptors (Lipinski definition) is 4. The summed E-state index contributed by atoms with van der Waals surface area (Å²) in [5.74, 6) is -0.0379. The van der Waals surface area contributed by atoms with E-state index >= 15 is 0 Å². The van der Waals surface area contributed by atoms with Gasteiger partial charge in [0, 0.05) is 15.8 Å². The lowest BCUT2D eigenvalue weighted by molar-refractivity contribution is 0.103. The van der Waals surface area contributed by atoms with Gasteiger partial charge in [0.2, 0.25) is 0 Å². The molecule has 0 saturated heterocycles. The predicted molar refractivity (Wildman–Crippen MR) is 111 cm³/mol. The van der Waals surface area contributed by atoms with Gasteiger partial charge in [0.1, 0.15) is 0 Å². The molecule has 5 heteroatoms. The molecule has 3 nitrogen and oxygen atoms in total. The molecule has 1 amide bonds. The first kappa shape index (κ1) is 17.4. The third kappa shape index (κ3) is 3.60. The molecule has 2 aromatic heterocycles. The zero-order chi connectivity index (χ0) is 18.1. The number of rotatable bonds is 3. The molecule has 0 unspecified atom stereocenters. The fraction of sp³-hybridized carbons (Fsp3) is 0.333. The van der Waals surface area contributed by atoms with E-state index in [1.54, 1.807) is 11.3 Å². The van der Waals surface area contributed by atoms with Crippen LogP contribution in [0.4, 0.5) is 5.13 Å². The molecule has 3 aromatic rings. The minimum atomic E-state index is -0.0379. The van der Waals surface area contributed by atoms with Gasteiger partial charge in [-0.15, -0.1) is 22.7 Å². The van der Waals surface area contributed by atoms with Crippen LogP contribution in [0.25, 0.3) is 11.3 Å². The maximum Gasteiger partial charge on any atom is 0.267 e. The van der Waals surface area contributed by atoms with Gasteiger partial charge in [-0.1, -0.05) is 18.6 Å². The Hall–Kier alpha value is -1.98. The summed E-state index contributed by atoms with van der Waals surface area (Å²) in [5, 5.41) is 5.64. The molecular formula is C21H22N2OS2. The number of thiophene rings is 1. The number of benzene rings is 1. The van der Waals surface area contributed by atoms with Crippen LogP contribution in [0, 0.1) is 13.8 Å². The number of carbonyl (C=O) groups excluding carboxylic acids is 1. The molecule has 4 rings (SSSR count). The predicted octanol–water partition coefficient (Wildman–Crippen LogP) is 6.01. The summed E-state index contributed by atoms with van der Waals surface area (Å²) in [6.07, 6.45) is 5.98. The summed E-state index contributed by atoms with van der Waals surface area (Å²) in [5.41, 5.74) is 5.90. The van der Waals surface area contributed by atoms with Gasteiger partial charge in [0.15, 0.2) is 5.13 Å². The molecule has 1 N–H and O–H groups in total. The smallest absolute Gasteiger partial charge is 0.267 e. The summed E-state index contributed by atoms with van der Waals surface area (Å²) < 4.78 is 0. The molecule has 0 spiro atoms. The van der Waals surface area contributed by atoms with Crippen LogP contribution in [0.3, 0.4) is 0 Å². The third-order valence-electron chi connectivity index (χ3n) is 5.00. The highest BCUT2D eigenvalue weighted by atomic mass is 32.1. The van der Waals surface area contributed by atoms with Gasteiger partial charge < -0.3 is 0 Å². The summed E-state index contributed by atoms with van der Waals surface area (Å²) in [6, 6.07) is 8.42. The lowest BCUT2D eigenvalue weighted by Gasteiger charge is -2.02. The highest BCUT2D eigenvalue weighted by molar-refractivity contribution is 7.15. The molecular weight excluding hydrogens is 360 g/mol. The van der Waals surface area contributed by atoms with Crippen LogP contribution >= 0.6 is 22.7 Å². The van der Waals surface area contributed by atoms with E-state index in [0.717, 1.165) is 29.0 Å². The molecule has 0 aliphatic heterocycles. The van der Waals surface area contributed by atoms with E-state index in [2.05, 4.69) is 48.4 Å². The van der Waals surface area contributed by atoms with E-state index in [-0.39, 0.29) is 5.91 Å². The summed E-state index contributed by atoms with van der Waals surface area (Å²) >= 11 is 3.12. The van der Waals surface area contributed by atoms with Crippen LogP contribution in [-0.4, -0.2) is 10.9 Å². The lowest BCUT2D eigenvalue weighted by atomic mass is 10.1. The van der Waals surface area contributed by atoms with Crippen molar-refractivity contribution < 1.29 is 4.79 Å². The van der Waals surface area contributed by atoms with Gasteiger partial charge in [-0.25, -0.2) is 4.98 Å². The van der Waals surface area contributed by atoms with Crippen molar-refractivity contribution in [2.45, 2.75) is 46.0 Å². The van der Waals surface area contributed by atoms with E-state index in [1.807, 2.05) is 5.38 Å². The fourth-order valence-corrected chi connectivity index (χ4v) is 5.17. The zero-order valence-corrected chi connectivity index (χ0v) is 16.7. The van der Waals surface area contributed by atoms with Crippen LogP contribution in [0.1, 0.15) is 50.5 Å². The number of aromatic nitrogens is 1. The van der Waals surface area contributed by atoms with Gasteiger partial charge in [0.05, 0.1) is 10.6 Å². The highest BCUT2D eigenvalue weighted by Gasteiger charge is 2.17. The van der Waals surface area contributed by atoms with Gasteiger partial charge in [-0.05, 0) is 68.4 Å². The van der Waals surface area contributed by atoms with E-state index < -0.39 is 0 Å². The van der Waals surface area contributed by atoms with Crippen LogP contribution in [0.2, 0.25) is 0 Å². The average Bonchev–Trinajstić information content (AvgIpc) is 3.19. The molecule has 1 aliphatic carbocycles. The Kier molecular flexibility index (Phi) is 4.92. The monoisotopic (exact) mass is 382 g/mol. The number of nitrogens with one attached hydrogen (secondary N) is 1. The molecule has 1 aliphatic rings. The van der Waals surface area contributed by atoms with Crippen LogP contribution in [-0.2, 0) is 12.8 Å². The van der Waals surface area contributed by atoms with Crippen molar-refractivity contribution in [2.24, 2.45) is 0 Å². The maximum atomic E-state index is 12.6. The highest BCUT2D eigenvalue weighted by Crippen LogP contribution is 2.31. The number of hydrogen-bond donors (Lipinski definition) is 1. The minimum Gasteiger partial charge on any atom is -0.297 e. The Bertz CT molecular complexity index is 931. The van der Waals surface area contributed by atoms with Crippen molar-refractivity contribution in [1.29, 1.82) is 0 Å². The Balaban J connectivity index is 1.50. The van der Waals surface area contributed by atoms with Gasteiger partial charge in [-0.2, -0.15) is 0 Å². The summed E-state index contributed by atoms with van der Waals surface area (Å²) in [4.78, 5) is 19.4. The molecule has 26 heavy (non-hydrogen) atoms. The quantitative estimate of drug-likeness (QED) is 0.564. The lowest BCUT2D eigenvalue weighted by Crippen LogP contribution is -2.09. The second kappa shape index (κ2) is 7.33. The topological polar surface area (TPSA) is 42.0 Å². The van der Waals surface area contributed by atoms with Crippen molar-refractivity contribution >= 4 is 33.7 Å². The molecule has 0 fully saturated rings. The molecule has 2 heterocycles. The largest absolute Gasteiger partial charge is 0.297 e. The fourth-order valence-electron chi connectivity index (χ4n) is 3.30. The number of amides is 1. The Morgan fingerprint density at radius 1 is 1.08 bits per heavy atom. The molecule has 134 valence electrons. The number of carbonyl (C=O) groups is 1. The van der Waals surface area contributed by atoms with Crippen molar-refractivity contribution in [3.8, 4) is 11.3 Å². The number of fused-ring (bicyclic) bond motifs is 1. The van der Waals surface area contributed by atoms with Gasteiger partial charge >= 0.3 is 0 Å². The number of aryl methyl sites for hydroxylation is 4. The standard InChI is InChI=1S/C21H22N2OS2/c1-13-8-9-15(10-14(13)2)17-12-25-21(22-17)23-20(24)19-11-16-6-4-3-5-7-18(16)26-19/h8-12H,3-7H2,1-2H3,(H,22,23,24). The molecule has 0 atom stereocenters. The van der Waals surface area contributed by atoms with Crippen molar-refractivity contribution in [3.63, 3.8) is 0 Å². The summed E-state index contributed by atoms with van der Waals surface area (Å²) in [7, 11) is 0. The van der Waals surface area contributed by atoms with Gasteiger partial charge in [0.25, 0.3) is 5.91 Å². The molecule has 1 aromatic carbocycles. The van der Waals surface area contributed by atoms with Crippen LogP contribution in [0.5, 0.6) is 0 Å². The average molecular weight is 383 g/mol. The second-order valence-corrected chi connectivity index (χ2v) is 8.91. The van der Waals surface area contributed by atoms with Crippen molar-refractivity contribution in [3.05, 3.63) is 56.1 Å². The zero-order valence-electron chi connectivity index (χ0n) is 15.1. The first-order valence-corrected chi connectivity index (χ1v) is 10.8. The normalized spacial score (nSPS) is 13.9.